The van der Waals surface area contributed by atoms with Gasteiger partial charge in [0.2, 0.25) is 0 Å². The van der Waals surface area contributed by atoms with Crippen molar-refractivity contribution in [2.45, 2.75) is 33.2 Å². The molecule has 1 unspecified atom stereocenters. The van der Waals surface area contributed by atoms with Crippen LogP contribution in [0.2, 0.25) is 0 Å². The van der Waals surface area contributed by atoms with Crippen molar-refractivity contribution in [1.82, 2.24) is 5.01 Å². The maximum atomic E-state index is 4.38. The van der Waals surface area contributed by atoms with Gasteiger partial charge in [-0.1, -0.05) is 18.2 Å². The van der Waals surface area contributed by atoms with E-state index < -0.39 is 0 Å². The zero-order valence-electron chi connectivity index (χ0n) is 8.91. The highest BCUT2D eigenvalue weighted by molar-refractivity contribution is 5.84. The van der Waals surface area contributed by atoms with Crippen LogP contribution in [0.1, 0.15) is 27.2 Å². The van der Waals surface area contributed by atoms with Gasteiger partial charge in [-0.3, -0.25) is 5.01 Å². The Hall–Kier alpha value is -1.05. The van der Waals surface area contributed by atoms with Crippen LogP contribution in [0.4, 0.5) is 0 Å². The van der Waals surface area contributed by atoms with Gasteiger partial charge in [-0.05, 0) is 26.3 Å². The highest BCUT2D eigenvalue weighted by Gasteiger charge is 2.21. The van der Waals surface area contributed by atoms with Gasteiger partial charge in [0.25, 0.3) is 0 Å². The van der Waals surface area contributed by atoms with E-state index in [4.69, 9.17) is 0 Å². The van der Waals surface area contributed by atoms with Crippen molar-refractivity contribution in [1.29, 1.82) is 0 Å². The van der Waals surface area contributed by atoms with Gasteiger partial charge in [0, 0.05) is 19.2 Å². The summed E-state index contributed by atoms with van der Waals surface area (Å²) in [5.41, 5.74) is 2.60. The molecule has 1 aliphatic heterocycles. The summed E-state index contributed by atoms with van der Waals surface area (Å²) in [6, 6.07) is 0.469. The number of hydrogen-bond acceptors (Lipinski definition) is 2. The third-order valence-corrected chi connectivity index (χ3v) is 2.35. The third-order valence-electron chi connectivity index (χ3n) is 2.35. The number of likely N-dealkylation sites (N-methyl/N-ethyl adjacent to an activating group) is 1. The zero-order valence-corrected chi connectivity index (χ0v) is 8.91. The first-order valence-corrected chi connectivity index (χ1v) is 4.71. The molecule has 2 nitrogen and oxygen atoms in total. The molecule has 1 rings (SSSR count). The molecule has 13 heavy (non-hydrogen) atoms. The average molecular weight is 178 g/mol. The Morgan fingerprint density at radius 2 is 2.31 bits per heavy atom. The molecular weight excluding hydrogens is 160 g/mol. The molecule has 1 heterocycles. The van der Waals surface area contributed by atoms with E-state index in [9.17, 15) is 0 Å². The van der Waals surface area contributed by atoms with Crippen molar-refractivity contribution >= 4 is 5.71 Å². The molecule has 0 bridgehead atoms. The maximum absolute atomic E-state index is 4.38. The second kappa shape index (κ2) is 4.26. The average Bonchev–Trinajstić information content (AvgIpc) is 2.41. The first-order chi connectivity index (χ1) is 6.15. The smallest absolute Gasteiger partial charge is 0.0729 e. The third kappa shape index (κ3) is 2.44. The van der Waals surface area contributed by atoms with Crippen LogP contribution in [-0.2, 0) is 0 Å². The van der Waals surface area contributed by atoms with Crippen molar-refractivity contribution in [2.75, 3.05) is 7.05 Å². The Labute approximate surface area is 80.6 Å². The van der Waals surface area contributed by atoms with Crippen molar-refractivity contribution in [3.8, 4) is 0 Å². The van der Waals surface area contributed by atoms with Gasteiger partial charge in [0.15, 0.2) is 0 Å². The fourth-order valence-electron chi connectivity index (χ4n) is 1.61. The van der Waals surface area contributed by atoms with Crippen LogP contribution in [-0.4, -0.2) is 23.8 Å². The zero-order chi connectivity index (χ0) is 9.84. The number of hydrazone groups is 1. The molecule has 0 aliphatic carbocycles. The molecule has 0 saturated carbocycles. The summed E-state index contributed by atoms with van der Waals surface area (Å²) in [5, 5.41) is 6.43. The van der Waals surface area contributed by atoms with Crippen LogP contribution in [0.25, 0.3) is 0 Å². The van der Waals surface area contributed by atoms with E-state index in [0.717, 1.165) is 6.42 Å². The van der Waals surface area contributed by atoms with E-state index in [1.165, 1.54) is 11.3 Å². The highest BCUT2D eigenvalue weighted by Crippen LogP contribution is 2.19. The molecule has 1 atom stereocenters. The molecule has 1 aliphatic rings. The lowest BCUT2D eigenvalue weighted by molar-refractivity contribution is 0.317. The Kier molecular flexibility index (Phi) is 3.29. The second-order valence-electron chi connectivity index (χ2n) is 3.57. The van der Waals surface area contributed by atoms with Crippen molar-refractivity contribution in [3.63, 3.8) is 0 Å². The molecule has 0 aromatic carbocycles. The van der Waals surface area contributed by atoms with Gasteiger partial charge in [-0.2, -0.15) is 5.10 Å². The van der Waals surface area contributed by atoms with Crippen LogP contribution >= 0.6 is 0 Å². The molecule has 72 valence electrons. The molecule has 0 aromatic heterocycles. The summed E-state index contributed by atoms with van der Waals surface area (Å²) in [6.45, 7) is 6.28. The molecule has 0 radical (unpaired) electrons. The first kappa shape index (κ1) is 10.0. The minimum Gasteiger partial charge on any atom is -0.293 e. The Morgan fingerprint density at radius 3 is 2.77 bits per heavy atom. The molecule has 0 fully saturated rings. The Bertz CT molecular complexity index is 261. The molecule has 0 amide bonds. The Morgan fingerprint density at radius 1 is 1.62 bits per heavy atom. The van der Waals surface area contributed by atoms with Crippen LogP contribution in [0.3, 0.4) is 0 Å². The number of allylic oxidation sites excluding steroid dienone is 3. The van der Waals surface area contributed by atoms with Crippen LogP contribution in [0, 0.1) is 0 Å². The SMILES string of the molecule is C/C=C\C=C(/C)C1CC(C)=NN1C. The molecule has 0 spiro atoms. The predicted octanol–water partition coefficient (Wildman–Crippen LogP) is 2.59. The van der Waals surface area contributed by atoms with Crippen molar-refractivity contribution in [3.05, 3.63) is 23.8 Å². The molecule has 2 heteroatoms. The molecule has 0 aromatic rings. The van der Waals surface area contributed by atoms with E-state index in [-0.39, 0.29) is 0 Å². The lowest BCUT2D eigenvalue weighted by Gasteiger charge is -2.19. The highest BCUT2D eigenvalue weighted by atomic mass is 15.5. The van der Waals surface area contributed by atoms with Gasteiger partial charge in [0.1, 0.15) is 0 Å². The van der Waals surface area contributed by atoms with E-state index in [0.29, 0.717) is 6.04 Å². The van der Waals surface area contributed by atoms with E-state index in [1.807, 2.05) is 25.1 Å². The van der Waals surface area contributed by atoms with Crippen LogP contribution < -0.4 is 0 Å². The van der Waals surface area contributed by atoms with Crippen LogP contribution in [0.15, 0.2) is 28.9 Å². The summed E-state index contributed by atoms with van der Waals surface area (Å²) in [6.07, 6.45) is 7.36. The molecule has 0 N–H and O–H groups in total. The van der Waals surface area contributed by atoms with E-state index in [1.54, 1.807) is 0 Å². The van der Waals surface area contributed by atoms with Gasteiger partial charge >= 0.3 is 0 Å². The van der Waals surface area contributed by atoms with E-state index >= 15 is 0 Å². The lowest BCUT2D eigenvalue weighted by atomic mass is 10.0. The van der Waals surface area contributed by atoms with Gasteiger partial charge in [-0.25, -0.2) is 0 Å². The summed E-state index contributed by atoms with van der Waals surface area (Å²) in [5.74, 6) is 0. The maximum Gasteiger partial charge on any atom is 0.0729 e. The topological polar surface area (TPSA) is 15.6 Å². The van der Waals surface area contributed by atoms with Crippen molar-refractivity contribution in [2.24, 2.45) is 5.10 Å². The summed E-state index contributed by atoms with van der Waals surface area (Å²) in [4.78, 5) is 0. The standard InChI is InChI=1S/C11H18N2/c1-5-6-7-9(2)11-8-10(3)12-13(11)4/h5-7,11H,8H2,1-4H3/b6-5-,9-7+. The summed E-state index contributed by atoms with van der Waals surface area (Å²) < 4.78 is 0. The number of nitrogens with zero attached hydrogens (tertiary/aromatic N) is 2. The summed E-state index contributed by atoms with van der Waals surface area (Å²) in [7, 11) is 2.04. The number of rotatable bonds is 2. The Balaban J connectivity index is 2.65. The summed E-state index contributed by atoms with van der Waals surface area (Å²) >= 11 is 0. The molecular formula is C11H18N2. The first-order valence-electron chi connectivity index (χ1n) is 4.71. The number of hydrogen-bond donors (Lipinski definition) is 0. The lowest BCUT2D eigenvalue weighted by Crippen LogP contribution is -2.23. The normalized spacial score (nSPS) is 24.3. The van der Waals surface area contributed by atoms with Crippen LogP contribution in [0.5, 0.6) is 0 Å². The van der Waals surface area contributed by atoms with E-state index in [2.05, 4.69) is 31.1 Å². The second-order valence-corrected chi connectivity index (χ2v) is 3.57. The fraction of sp³-hybridized carbons (Fsp3) is 0.545. The fourth-order valence-corrected chi connectivity index (χ4v) is 1.61. The van der Waals surface area contributed by atoms with Gasteiger partial charge in [0.05, 0.1) is 6.04 Å². The van der Waals surface area contributed by atoms with Crippen molar-refractivity contribution < 1.29 is 0 Å². The minimum atomic E-state index is 0.469. The predicted molar refractivity (Wildman–Crippen MR) is 57.8 cm³/mol. The monoisotopic (exact) mass is 178 g/mol. The molecule has 0 saturated heterocycles. The quantitative estimate of drug-likeness (QED) is 0.593. The minimum absolute atomic E-state index is 0.469. The van der Waals surface area contributed by atoms with Gasteiger partial charge < -0.3 is 0 Å². The largest absolute Gasteiger partial charge is 0.293 e. The van der Waals surface area contributed by atoms with Gasteiger partial charge in [-0.15, -0.1) is 0 Å².